The van der Waals surface area contributed by atoms with Crippen LogP contribution in [0.3, 0.4) is 0 Å². The van der Waals surface area contributed by atoms with Crippen molar-refractivity contribution < 1.29 is 4.79 Å². The minimum Gasteiger partial charge on any atom is -0.298 e. The van der Waals surface area contributed by atoms with E-state index in [9.17, 15) is 4.79 Å². The van der Waals surface area contributed by atoms with Crippen molar-refractivity contribution in [2.45, 2.75) is 6.92 Å². The molecular formula is C12H12N4O. The fourth-order valence-electron chi connectivity index (χ4n) is 1.33. The number of nitrogens with one attached hydrogen (secondary N) is 2. The fourth-order valence-corrected chi connectivity index (χ4v) is 1.33. The van der Waals surface area contributed by atoms with E-state index in [1.54, 1.807) is 0 Å². The van der Waals surface area contributed by atoms with Gasteiger partial charge in [0.15, 0.2) is 0 Å². The molecule has 2 N–H and O–H groups in total. The average Bonchev–Trinajstić information content (AvgIpc) is 2.38. The number of nitrogens with zero attached hydrogens (tertiary/aromatic N) is 2. The third-order valence-electron chi connectivity index (χ3n) is 2.28. The first-order chi connectivity index (χ1) is 8.27. The van der Waals surface area contributed by atoms with Gasteiger partial charge in [-0.2, -0.15) is 0 Å². The first kappa shape index (κ1) is 11.1. The number of aryl methyl sites for hydroxylation is 1. The molecule has 1 aromatic carbocycles. The average molecular weight is 228 g/mol. The predicted molar refractivity (Wildman–Crippen MR) is 64.3 cm³/mol. The molecule has 86 valence electrons. The van der Waals surface area contributed by atoms with Crippen molar-refractivity contribution in [2.24, 2.45) is 0 Å². The molecule has 1 amide bonds. The molecule has 0 bridgehead atoms. The zero-order valence-electron chi connectivity index (χ0n) is 9.34. The zero-order valence-corrected chi connectivity index (χ0v) is 9.34. The number of hydrazine groups is 1. The Morgan fingerprint density at radius 2 is 1.88 bits per heavy atom. The summed E-state index contributed by atoms with van der Waals surface area (Å²) in [6, 6.07) is 7.68. The summed E-state index contributed by atoms with van der Waals surface area (Å²) in [5.41, 5.74) is 7.77. The van der Waals surface area contributed by atoms with E-state index in [1.165, 1.54) is 18.7 Å². The van der Waals surface area contributed by atoms with Crippen molar-refractivity contribution in [3.8, 4) is 0 Å². The van der Waals surface area contributed by atoms with Gasteiger partial charge in [0.2, 0.25) is 0 Å². The Morgan fingerprint density at radius 1 is 1.18 bits per heavy atom. The van der Waals surface area contributed by atoms with Crippen LogP contribution in [-0.4, -0.2) is 15.9 Å². The number of hydrogen-bond donors (Lipinski definition) is 2. The van der Waals surface area contributed by atoms with Crippen LogP contribution in [0.5, 0.6) is 0 Å². The lowest BCUT2D eigenvalue weighted by atomic mass is 10.2. The van der Waals surface area contributed by atoms with Crippen LogP contribution in [0.2, 0.25) is 0 Å². The molecular weight excluding hydrogens is 216 g/mol. The van der Waals surface area contributed by atoms with Crippen molar-refractivity contribution in [1.82, 2.24) is 15.4 Å². The molecule has 0 saturated heterocycles. The minimum atomic E-state index is -0.270. The van der Waals surface area contributed by atoms with E-state index in [0.717, 1.165) is 11.3 Å². The lowest BCUT2D eigenvalue weighted by Crippen LogP contribution is -2.29. The van der Waals surface area contributed by atoms with E-state index < -0.39 is 0 Å². The Bertz CT molecular complexity index is 513. The lowest BCUT2D eigenvalue weighted by Gasteiger charge is -2.10. The quantitative estimate of drug-likeness (QED) is 0.782. The summed E-state index contributed by atoms with van der Waals surface area (Å²) >= 11 is 0. The summed E-state index contributed by atoms with van der Waals surface area (Å²) in [4.78, 5) is 19.2. The summed E-state index contributed by atoms with van der Waals surface area (Å²) in [5.74, 6) is -0.270. The fraction of sp³-hybridized carbons (Fsp3) is 0.0833. The predicted octanol–water partition coefficient (Wildman–Crippen LogP) is 1.54. The standard InChI is InChI=1S/C12H12N4O/c1-9-4-2-3-5-11(9)15-16-12(17)10-6-13-8-14-7-10/h2-8,15H,1H3,(H,16,17). The van der Waals surface area contributed by atoms with Crippen LogP contribution in [0.15, 0.2) is 43.0 Å². The molecule has 5 nitrogen and oxygen atoms in total. The third kappa shape index (κ3) is 2.78. The van der Waals surface area contributed by atoms with Crippen LogP contribution in [0.25, 0.3) is 0 Å². The summed E-state index contributed by atoms with van der Waals surface area (Å²) < 4.78 is 0. The minimum absolute atomic E-state index is 0.270. The molecule has 1 aromatic heterocycles. The van der Waals surface area contributed by atoms with E-state index in [-0.39, 0.29) is 5.91 Å². The number of amides is 1. The van der Waals surface area contributed by atoms with Gasteiger partial charge in [0, 0.05) is 12.4 Å². The van der Waals surface area contributed by atoms with Crippen LogP contribution in [0.4, 0.5) is 5.69 Å². The van der Waals surface area contributed by atoms with Gasteiger partial charge in [-0.05, 0) is 18.6 Å². The van der Waals surface area contributed by atoms with Crippen molar-refractivity contribution in [2.75, 3.05) is 5.43 Å². The third-order valence-corrected chi connectivity index (χ3v) is 2.28. The second-order valence-electron chi connectivity index (χ2n) is 3.52. The number of benzene rings is 1. The maximum atomic E-state index is 11.7. The normalized spacial score (nSPS) is 9.71. The van der Waals surface area contributed by atoms with Crippen LogP contribution in [0, 0.1) is 6.92 Å². The molecule has 0 aliphatic rings. The first-order valence-corrected chi connectivity index (χ1v) is 5.14. The number of para-hydroxylation sites is 1. The van der Waals surface area contributed by atoms with Gasteiger partial charge < -0.3 is 0 Å². The SMILES string of the molecule is Cc1ccccc1NNC(=O)c1cncnc1. The Hall–Kier alpha value is -2.43. The number of aromatic nitrogens is 2. The molecule has 0 aliphatic heterocycles. The summed E-state index contributed by atoms with van der Waals surface area (Å²) in [7, 11) is 0. The Morgan fingerprint density at radius 3 is 2.59 bits per heavy atom. The Kier molecular flexibility index (Phi) is 3.30. The topological polar surface area (TPSA) is 66.9 Å². The highest BCUT2D eigenvalue weighted by atomic mass is 16.2. The van der Waals surface area contributed by atoms with Crippen LogP contribution in [0.1, 0.15) is 15.9 Å². The first-order valence-electron chi connectivity index (χ1n) is 5.14. The molecule has 0 aliphatic carbocycles. The van der Waals surface area contributed by atoms with Crippen molar-refractivity contribution >= 4 is 11.6 Å². The van der Waals surface area contributed by atoms with Crippen molar-refractivity contribution in [3.63, 3.8) is 0 Å². The smallest absolute Gasteiger partial charge is 0.272 e. The van der Waals surface area contributed by atoms with E-state index in [2.05, 4.69) is 20.8 Å². The van der Waals surface area contributed by atoms with Crippen molar-refractivity contribution in [1.29, 1.82) is 0 Å². The summed E-state index contributed by atoms with van der Waals surface area (Å²) in [6.07, 6.45) is 4.30. The van der Waals surface area contributed by atoms with Gasteiger partial charge in [-0.3, -0.25) is 15.6 Å². The largest absolute Gasteiger partial charge is 0.298 e. The van der Waals surface area contributed by atoms with Crippen LogP contribution in [-0.2, 0) is 0 Å². The molecule has 0 radical (unpaired) electrons. The zero-order chi connectivity index (χ0) is 12.1. The summed E-state index contributed by atoms with van der Waals surface area (Å²) in [5, 5.41) is 0. The van der Waals surface area contributed by atoms with Gasteiger partial charge in [0.1, 0.15) is 6.33 Å². The molecule has 2 rings (SSSR count). The Balaban J connectivity index is 2.00. The van der Waals surface area contributed by atoms with Gasteiger partial charge in [0.05, 0.1) is 11.3 Å². The summed E-state index contributed by atoms with van der Waals surface area (Å²) in [6.45, 7) is 1.96. The molecule has 0 atom stereocenters. The molecule has 5 heteroatoms. The number of carbonyl (C=O) groups excluding carboxylic acids is 1. The number of anilines is 1. The van der Waals surface area contributed by atoms with E-state index in [1.807, 2.05) is 31.2 Å². The molecule has 1 heterocycles. The molecule has 0 saturated carbocycles. The second kappa shape index (κ2) is 5.07. The van der Waals surface area contributed by atoms with Crippen molar-refractivity contribution in [3.05, 3.63) is 54.1 Å². The van der Waals surface area contributed by atoms with Gasteiger partial charge in [0.25, 0.3) is 5.91 Å². The number of rotatable bonds is 3. The number of hydrogen-bond acceptors (Lipinski definition) is 4. The Labute approximate surface area is 98.9 Å². The van der Waals surface area contributed by atoms with Crippen LogP contribution < -0.4 is 10.9 Å². The van der Waals surface area contributed by atoms with Gasteiger partial charge >= 0.3 is 0 Å². The van der Waals surface area contributed by atoms with Gasteiger partial charge in [-0.25, -0.2) is 9.97 Å². The van der Waals surface area contributed by atoms with E-state index in [4.69, 9.17) is 0 Å². The molecule has 0 fully saturated rings. The second-order valence-corrected chi connectivity index (χ2v) is 3.52. The highest BCUT2D eigenvalue weighted by Crippen LogP contribution is 2.11. The molecule has 17 heavy (non-hydrogen) atoms. The van der Waals surface area contributed by atoms with Gasteiger partial charge in [-0.1, -0.05) is 18.2 Å². The lowest BCUT2D eigenvalue weighted by molar-refractivity contribution is 0.0962. The highest BCUT2D eigenvalue weighted by molar-refractivity contribution is 5.94. The van der Waals surface area contributed by atoms with Gasteiger partial charge in [-0.15, -0.1) is 0 Å². The maximum absolute atomic E-state index is 11.7. The van der Waals surface area contributed by atoms with Crippen LogP contribution >= 0.6 is 0 Å². The van der Waals surface area contributed by atoms with E-state index >= 15 is 0 Å². The van der Waals surface area contributed by atoms with E-state index in [0.29, 0.717) is 5.56 Å². The molecule has 0 spiro atoms. The maximum Gasteiger partial charge on any atom is 0.272 e. The monoisotopic (exact) mass is 228 g/mol. The molecule has 2 aromatic rings. The highest BCUT2D eigenvalue weighted by Gasteiger charge is 2.05. The number of carbonyl (C=O) groups is 1. The molecule has 0 unspecified atom stereocenters.